The molecule has 1 unspecified atom stereocenters. The summed E-state index contributed by atoms with van der Waals surface area (Å²) in [4.78, 5) is 15.0. The van der Waals surface area contributed by atoms with Gasteiger partial charge in [0, 0.05) is 16.4 Å². The van der Waals surface area contributed by atoms with Crippen molar-refractivity contribution < 1.29 is 9.53 Å². The Kier molecular flexibility index (Phi) is 4.73. The highest BCUT2D eigenvalue weighted by Gasteiger charge is 2.33. The smallest absolute Gasteiger partial charge is 0.262 e. The van der Waals surface area contributed by atoms with Crippen molar-refractivity contribution in [1.29, 1.82) is 0 Å². The second kappa shape index (κ2) is 7.33. The van der Waals surface area contributed by atoms with Crippen LogP contribution in [0.5, 0.6) is 5.75 Å². The van der Waals surface area contributed by atoms with Gasteiger partial charge in [-0.1, -0.05) is 35.9 Å². The maximum Gasteiger partial charge on any atom is 0.262 e. The lowest BCUT2D eigenvalue weighted by molar-refractivity contribution is 0.0975. The Bertz CT molecular complexity index is 955. The zero-order chi connectivity index (χ0) is 18.8. The molecular weight excluding hydrogens is 360 g/mol. The number of amides is 1. The maximum absolute atomic E-state index is 13.3. The van der Waals surface area contributed by atoms with E-state index in [9.17, 15) is 4.79 Å². The third-order valence-electron chi connectivity index (χ3n) is 4.54. The summed E-state index contributed by atoms with van der Waals surface area (Å²) in [6.07, 6.45) is -0.329. The third-order valence-corrected chi connectivity index (χ3v) is 4.79. The summed E-state index contributed by atoms with van der Waals surface area (Å²) in [5, 5.41) is 4.12. The van der Waals surface area contributed by atoms with Crippen molar-refractivity contribution in [1.82, 2.24) is 0 Å². The number of carbonyl (C=O) groups is 1. The van der Waals surface area contributed by atoms with E-state index in [4.69, 9.17) is 16.3 Å². The number of carbonyl (C=O) groups excluding carboxylic acids is 1. The quantitative estimate of drug-likeness (QED) is 0.650. The van der Waals surface area contributed by atoms with Gasteiger partial charge in [0.15, 0.2) is 0 Å². The van der Waals surface area contributed by atoms with E-state index in [1.165, 1.54) is 0 Å². The molecule has 3 aromatic rings. The molecule has 1 atom stereocenters. The van der Waals surface area contributed by atoms with E-state index >= 15 is 0 Å². The van der Waals surface area contributed by atoms with Gasteiger partial charge in [0.05, 0.1) is 12.2 Å². The van der Waals surface area contributed by atoms with Gasteiger partial charge in [0.2, 0.25) is 0 Å². The van der Waals surface area contributed by atoms with Crippen LogP contribution in [-0.2, 0) is 0 Å². The lowest BCUT2D eigenvalue weighted by atomic mass is 10.0. The molecule has 4 rings (SSSR count). The van der Waals surface area contributed by atoms with Gasteiger partial charge in [-0.15, -0.1) is 0 Å². The normalized spacial score (nSPS) is 15.9. The van der Waals surface area contributed by atoms with Crippen LogP contribution < -0.4 is 15.0 Å². The Hall–Kier alpha value is -2.98. The second-order valence-corrected chi connectivity index (χ2v) is 6.68. The van der Waals surface area contributed by atoms with Crippen LogP contribution in [0.4, 0.5) is 11.4 Å². The van der Waals surface area contributed by atoms with Gasteiger partial charge < -0.3 is 10.1 Å². The number of nitrogens with one attached hydrogen (secondary N) is 1. The highest BCUT2D eigenvalue weighted by Crippen LogP contribution is 2.37. The number of halogens is 1. The molecule has 1 heterocycles. The topological polar surface area (TPSA) is 41.6 Å². The number of para-hydroxylation sites is 1. The van der Waals surface area contributed by atoms with Crippen LogP contribution in [0.2, 0.25) is 5.02 Å². The van der Waals surface area contributed by atoms with Crippen LogP contribution in [0.25, 0.3) is 0 Å². The summed E-state index contributed by atoms with van der Waals surface area (Å²) in [6, 6.07) is 22.7. The minimum atomic E-state index is -0.329. The van der Waals surface area contributed by atoms with Crippen LogP contribution in [0, 0.1) is 0 Å². The number of benzene rings is 3. The molecule has 0 saturated heterocycles. The van der Waals surface area contributed by atoms with Gasteiger partial charge in [0.1, 0.15) is 11.9 Å². The predicted molar refractivity (Wildman–Crippen MR) is 109 cm³/mol. The Balaban J connectivity index is 1.78. The molecule has 0 saturated carbocycles. The molecule has 136 valence electrons. The minimum Gasteiger partial charge on any atom is -0.494 e. The van der Waals surface area contributed by atoms with E-state index in [2.05, 4.69) is 5.32 Å². The minimum absolute atomic E-state index is 0.0504. The molecule has 1 amide bonds. The van der Waals surface area contributed by atoms with Crippen molar-refractivity contribution in [2.45, 2.75) is 13.1 Å². The first kappa shape index (κ1) is 17.4. The van der Waals surface area contributed by atoms with E-state index in [1.807, 2.05) is 67.6 Å². The number of ether oxygens (including phenoxy) is 1. The maximum atomic E-state index is 13.3. The predicted octanol–water partition coefficient (Wildman–Crippen LogP) is 5.51. The molecule has 27 heavy (non-hydrogen) atoms. The third kappa shape index (κ3) is 3.36. The fourth-order valence-electron chi connectivity index (χ4n) is 3.27. The Morgan fingerprint density at radius 3 is 2.41 bits per heavy atom. The molecule has 5 heteroatoms. The molecule has 1 aliphatic rings. The molecule has 3 aromatic carbocycles. The Morgan fingerprint density at radius 1 is 1.00 bits per heavy atom. The van der Waals surface area contributed by atoms with Gasteiger partial charge in [-0.25, -0.2) is 0 Å². The number of hydrogen-bond donors (Lipinski definition) is 1. The molecule has 0 aromatic heterocycles. The molecule has 1 aliphatic heterocycles. The summed E-state index contributed by atoms with van der Waals surface area (Å²) < 4.78 is 5.53. The van der Waals surface area contributed by atoms with E-state index < -0.39 is 0 Å². The Labute approximate surface area is 163 Å². The van der Waals surface area contributed by atoms with Crippen molar-refractivity contribution in [3.05, 3.63) is 88.9 Å². The van der Waals surface area contributed by atoms with E-state index in [-0.39, 0.29) is 12.1 Å². The van der Waals surface area contributed by atoms with Gasteiger partial charge in [0.25, 0.3) is 5.91 Å². The summed E-state index contributed by atoms with van der Waals surface area (Å²) in [5.41, 5.74) is 3.22. The summed E-state index contributed by atoms with van der Waals surface area (Å²) in [5.74, 6) is 0.757. The van der Waals surface area contributed by atoms with Crippen molar-refractivity contribution in [3.8, 4) is 5.75 Å². The van der Waals surface area contributed by atoms with Crippen LogP contribution in [-0.4, -0.2) is 12.5 Å². The number of hydrogen-bond acceptors (Lipinski definition) is 3. The molecule has 0 radical (unpaired) electrons. The van der Waals surface area contributed by atoms with Crippen molar-refractivity contribution in [3.63, 3.8) is 0 Å². The number of fused-ring (bicyclic) bond motifs is 1. The molecular formula is C22H19ClN2O2. The van der Waals surface area contributed by atoms with Crippen molar-refractivity contribution in [2.24, 2.45) is 0 Å². The highest BCUT2D eigenvalue weighted by molar-refractivity contribution is 6.30. The van der Waals surface area contributed by atoms with Crippen LogP contribution in [0.1, 0.15) is 29.0 Å². The zero-order valence-corrected chi connectivity index (χ0v) is 15.6. The van der Waals surface area contributed by atoms with E-state index in [0.29, 0.717) is 17.2 Å². The average Bonchev–Trinajstić information content (AvgIpc) is 2.70. The molecule has 0 bridgehead atoms. The largest absolute Gasteiger partial charge is 0.494 e. The summed E-state index contributed by atoms with van der Waals surface area (Å²) in [6.45, 7) is 2.57. The fourth-order valence-corrected chi connectivity index (χ4v) is 3.39. The first-order valence-electron chi connectivity index (χ1n) is 8.85. The van der Waals surface area contributed by atoms with Gasteiger partial charge >= 0.3 is 0 Å². The average molecular weight is 379 g/mol. The van der Waals surface area contributed by atoms with Gasteiger partial charge in [-0.05, 0) is 61.0 Å². The summed E-state index contributed by atoms with van der Waals surface area (Å²) >= 11 is 6.04. The SMILES string of the molecule is CCOc1ccc(C2Nc3ccccc3C(=O)N2c2ccc(Cl)cc2)cc1. The summed E-state index contributed by atoms with van der Waals surface area (Å²) in [7, 11) is 0. The van der Waals surface area contributed by atoms with Gasteiger partial charge in [-0.3, -0.25) is 9.69 Å². The highest BCUT2D eigenvalue weighted by atomic mass is 35.5. The molecule has 0 fully saturated rings. The number of rotatable bonds is 4. The van der Waals surface area contributed by atoms with Crippen LogP contribution in [0.3, 0.4) is 0 Å². The van der Waals surface area contributed by atoms with E-state index in [1.54, 1.807) is 17.0 Å². The molecule has 4 nitrogen and oxygen atoms in total. The number of anilines is 2. The second-order valence-electron chi connectivity index (χ2n) is 6.25. The van der Waals surface area contributed by atoms with Crippen LogP contribution in [0.15, 0.2) is 72.8 Å². The van der Waals surface area contributed by atoms with Crippen molar-refractivity contribution in [2.75, 3.05) is 16.8 Å². The van der Waals surface area contributed by atoms with E-state index in [0.717, 1.165) is 22.7 Å². The first-order chi connectivity index (χ1) is 13.2. The zero-order valence-electron chi connectivity index (χ0n) is 14.9. The molecule has 0 spiro atoms. The lowest BCUT2D eigenvalue weighted by Crippen LogP contribution is -2.43. The lowest BCUT2D eigenvalue weighted by Gasteiger charge is -2.38. The van der Waals surface area contributed by atoms with Gasteiger partial charge in [-0.2, -0.15) is 0 Å². The van der Waals surface area contributed by atoms with Crippen molar-refractivity contribution >= 4 is 28.9 Å². The van der Waals surface area contributed by atoms with Crippen LogP contribution >= 0.6 is 11.6 Å². The monoisotopic (exact) mass is 378 g/mol. The fraction of sp³-hybridized carbons (Fsp3) is 0.136. The molecule has 0 aliphatic carbocycles. The standard InChI is InChI=1S/C22H19ClN2O2/c1-2-27-18-13-7-15(8-14-18)21-24-20-6-4-3-5-19(20)22(26)25(21)17-11-9-16(23)10-12-17/h3-14,21,24H,2H2,1H3. The Morgan fingerprint density at radius 2 is 1.70 bits per heavy atom. The first-order valence-corrected chi connectivity index (χ1v) is 9.22. The number of nitrogens with zero attached hydrogens (tertiary/aromatic N) is 1. The molecule has 1 N–H and O–H groups in total.